The minimum absolute atomic E-state index is 0.0148. The first kappa shape index (κ1) is 15.0. The van der Waals surface area contributed by atoms with Crippen molar-refractivity contribution in [1.29, 1.82) is 0 Å². The summed E-state index contributed by atoms with van der Waals surface area (Å²) in [5, 5.41) is 7.17. The van der Waals surface area contributed by atoms with Gasteiger partial charge in [0, 0.05) is 18.0 Å². The number of aromatic nitrogens is 2. The highest BCUT2D eigenvalue weighted by atomic mass is 16.1. The lowest BCUT2D eigenvalue weighted by Crippen LogP contribution is -2.11. The van der Waals surface area contributed by atoms with Gasteiger partial charge >= 0.3 is 0 Å². The SMILES string of the molecule is CCCC(=O)Nc1ccc(Nc2cccc3cccnc23)cn1. The summed E-state index contributed by atoms with van der Waals surface area (Å²) in [6.07, 6.45) is 4.80. The number of amides is 1. The molecule has 0 saturated carbocycles. The van der Waals surface area contributed by atoms with Crippen LogP contribution in [0.25, 0.3) is 10.9 Å². The van der Waals surface area contributed by atoms with Gasteiger partial charge in [-0.05, 0) is 30.7 Å². The van der Waals surface area contributed by atoms with E-state index in [1.165, 1.54) is 0 Å². The zero-order chi connectivity index (χ0) is 16.1. The topological polar surface area (TPSA) is 66.9 Å². The molecule has 5 heteroatoms. The number of anilines is 3. The van der Waals surface area contributed by atoms with Crippen molar-refractivity contribution in [2.75, 3.05) is 10.6 Å². The Hall–Kier alpha value is -2.95. The first-order valence-corrected chi connectivity index (χ1v) is 7.63. The summed E-state index contributed by atoms with van der Waals surface area (Å²) in [5.74, 6) is 0.545. The summed E-state index contributed by atoms with van der Waals surface area (Å²) in [5.41, 5.74) is 2.68. The highest BCUT2D eigenvalue weighted by Crippen LogP contribution is 2.24. The molecule has 3 rings (SSSR count). The molecule has 0 radical (unpaired) electrons. The molecule has 0 atom stereocenters. The molecular formula is C18H18N4O. The molecule has 3 aromatic rings. The standard InChI is InChI=1S/C18H18N4O/c1-2-5-17(23)22-16-10-9-14(12-20-16)21-15-8-3-6-13-7-4-11-19-18(13)15/h3-4,6-12,21H,2,5H2,1H3,(H,20,22,23). The molecule has 0 aliphatic heterocycles. The normalized spacial score (nSPS) is 10.5. The number of nitrogens with zero attached hydrogens (tertiary/aromatic N) is 2. The van der Waals surface area contributed by atoms with Gasteiger partial charge in [-0.2, -0.15) is 0 Å². The summed E-state index contributed by atoms with van der Waals surface area (Å²) in [7, 11) is 0. The van der Waals surface area contributed by atoms with E-state index in [1.807, 2.05) is 43.3 Å². The van der Waals surface area contributed by atoms with Crippen LogP contribution in [0.5, 0.6) is 0 Å². The second-order valence-electron chi connectivity index (χ2n) is 5.24. The summed E-state index contributed by atoms with van der Waals surface area (Å²) in [4.78, 5) is 20.2. The summed E-state index contributed by atoms with van der Waals surface area (Å²) in [6, 6.07) is 13.6. The van der Waals surface area contributed by atoms with Crippen LogP contribution in [0.3, 0.4) is 0 Å². The van der Waals surface area contributed by atoms with Crippen molar-refractivity contribution in [3.63, 3.8) is 0 Å². The summed E-state index contributed by atoms with van der Waals surface area (Å²) >= 11 is 0. The molecule has 1 aromatic carbocycles. The quantitative estimate of drug-likeness (QED) is 0.744. The van der Waals surface area contributed by atoms with Crippen molar-refractivity contribution in [1.82, 2.24) is 9.97 Å². The number of nitrogens with one attached hydrogen (secondary N) is 2. The molecule has 2 heterocycles. The second kappa shape index (κ2) is 6.87. The van der Waals surface area contributed by atoms with Gasteiger partial charge in [-0.15, -0.1) is 0 Å². The smallest absolute Gasteiger partial charge is 0.225 e. The maximum Gasteiger partial charge on any atom is 0.225 e. The Balaban J connectivity index is 1.76. The van der Waals surface area contributed by atoms with E-state index in [0.29, 0.717) is 12.2 Å². The zero-order valence-corrected chi connectivity index (χ0v) is 12.9. The van der Waals surface area contributed by atoms with Gasteiger partial charge in [0.05, 0.1) is 23.1 Å². The molecule has 116 valence electrons. The lowest BCUT2D eigenvalue weighted by atomic mass is 10.2. The fraction of sp³-hybridized carbons (Fsp3) is 0.167. The Labute approximate surface area is 134 Å². The first-order chi connectivity index (χ1) is 11.3. The third-order valence-corrected chi connectivity index (χ3v) is 3.42. The van der Waals surface area contributed by atoms with Crippen molar-refractivity contribution in [3.05, 3.63) is 54.9 Å². The van der Waals surface area contributed by atoms with Crippen LogP contribution in [0.4, 0.5) is 17.2 Å². The molecule has 2 N–H and O–H groups in total. The molecule has 0 aliphatic carbocycles. The average Bonchev–Trinajstić information content (AvgIpc) is 2.57. The fourth-order valence-electron chi connectivity index (χ4n) is 2.33. The van der Waals surface area contributed by atoms with E-state index in [-0.39, 0.29) is 5.91 Å². The Morgan fingerprint density at radius 2 is 1.96 bits per heavy atom. The van der Waals surface area contributed by atoms with Gasteiger partial charge in [0.2, 0.25) is 5.91 Å². The number of carbonyl (C=O) groups excluding carboxylic acids is 1. The Morgan fingerprint density at radius 1 is 1.09 bits per heavy atom. The van der Waals surface area contributed by atoms with Gasteiger partial charge in [-0.3, -0.25) is 9.78 Å². The molecule has 0 saturated heterocycles. The minimum Gasteiger partial charge on any atom is -0.352 e. The molecule has 2 aromatic heterocycles. The monoisotopic (exact) mass is 306 g/mol. The number of rotatable bonds is 5. The van der Waals surface area contributed by atoms with Gasteiger partial charge in [-0.25, -0.2) is 4.98 Å². The van der Waals surface area contributed by atoms with Gasteiger partial charge in [0.15, 0.2) is 0 Å². The van der Waals surface area contributed by atoms with Crippen molar-refractivity contribution in [3.8, 4) is 0 Å². The van der Waals surface area contributed by atoms with E-state index in [9.17, 15) is 4.79 Å². The summed E-state index contributed by atoms with van der Waals surface area (Å²) < 4.78 is 0. The maximum atomic E-state index is 11.6. The number of carbonyl (C=O) groups is 1. The largest absolute Gasteiger partial charge is 0.352 e. The van der Waals surface area contributed by atoms with Crippen molar-refractivity contribution in [2.24, 2.45) is 0 Å². The van der Waals surface area contributed by atoms with E-state index >= 15 is 0 Å². The van der Waals surface area contributed by atoms with Crippen LogP contribution in [0, 0.1) is 0 Å². The lowest BCUT2D eigenvalue weighted by Gasteiger charge is -2.09. The molecule has 1 amide bonds. The zero-order valence-electron chi connectivity index (χ0n) is 12.9. The number of hydrogen-bond acceptors (Lipinski definition) is 4. The number of pyridine rings is 2. The Kier molecular flexibility index (Phi) is 4.47. The van der Waals surface area contributed by atoms with Crippen LogP contribution in [0.2, 0.25) is 0 Å². The van der Waals surface area contributed by atoms with Crippen LogP contribution in [-0.2, 0) is 4.79 Å². The van der Waals surface area contributed by atoms with Gasteiger partial charge in [-0.1, -0.05) is 25.1 Å². The third kappa shape index (κ3) is 3.63. The van der Waals surface area contributed by atoms with Gasteiger partial charge in [0.1, 0.15) is 5.82 Å². The fourth-order valence-corrected chi connectivity index (χ4v) is 2.33. The Bertz CT molecular complexity index is 809. The predicted molar refractivity (Wildman–Crippen MR) is 92.8 cm³/mol. The minimum atomic E-state index is -0.0148. The second-order valence-corrected chi connectivity index (χ2v) is 5.24. The van der Waals surface area contributed by atoms with E-state index < -0.39 is 0 Å². The highest BCUT2D eigenvalue weighted by Gasteiger charge is 2.04. The highest BCUT2D eigenvalue weighted by molar-refractivity contribution is 5.92. The number of para-hydroxylation sites is 1. The van der Waals surface area contributed by atoms with Crippen LogP contribution in [-0.4, -0.2) is 15.9 Å². The van der Waals surface area contributed by atoms with E-state index in [0.717, 1.165) is 28.7 Å². The number of fused-ring (bicyclic) bond motifs is 1. The van der Waals surface area contributed by atoms with E-state index in [4.69, 9.17) is 0 Å². The third-order valence-electron chi connectivity index (χ3n) is 3.42. The van der Waals surface area contributed by atoms with Crippen LogP contribution in [0.15, 0.2) is 54.9 Å². The molecule has 0 bridgehead atoms. The number of hydrogen-bond donors (Lipinski definition) is 2. The van der Waals surface area contributed by atoms with Crippen molar-refractivity contribution < 1.29 is 4.79 Å². The van der Waals surface area contributed by atoms with Crippen LogP contribution >= 0.6 is 0 Å². The molecule has 5 nitrogen and oxygen atoms in total. The molecule has 23 heavy (non-hydrogen) atoms. The van der Waals surface area contributed by atoms with Gasteiger partial charge in [0.25, 0.3) is 0 Å². The molecular weight excluding hydrogens is 288 g/mol. The van der Waals surface area contributed by atoms with Crippen LogP contribution < -0.4 is 10.6 Å². The molecule has 0 aliphatic rings. The van der Waals surface area contributed by atoms with E-state index in [2.05, 4.69) is 20.6 Å². The summed E-state index contributed by atoms with van der Waals surface area (Å²) in [6.45, 7) is 1.97. The van der Waals surface area contributed by atoms with E-state index in [1.54, 1.807) is 18.5 Å². The van der Waals surface area contributed by atoms with Crippen molar-refractivity contribution in [2.45, 2.75) is 19.8 Å². The number of benzene rings is 1. The first-order valence-electron chi connectivity index (χ1n) is 7.63. The van der Waals surface area contributed by atoms with Crippen LogP contribution in [0.1, 0.15) is 19.8 Å². The van der Waals surface area contributed by atoms with Gasteiger partial charge < -0.3 is 10.6 Å². The molecule has 0 unspecified atom stereocenters. The van der Waals surface area contributed by atoms with Crippen molar-refractivity contribution >= 4 is 34.0 Å². The maximum absolute atomic E-state index is 11.6. The Morgan fingerprint density at radius 3 is 2.74 bits per heavy atom. The average molecular weight is 306 g/mol. The predicted octanol–water partition coefficient (Wildman–Crippen LogP) is 4.11. The lowest BCUT2D eigenvalue weighted by molar-refractivity contribution is -0.116. The molecule has 0 fully saturated rings. The molecule has 0 spiro atoms.